The molecular formula is C13H22O2. The molecule has 1 heterocycles. The third kappa shape index (κ3) is 1.84. The van der Waals surface area contributed by atoms with Crippen molar-refractivity contribution < 1.29 is 9.53 Å². The van der Waals surface area contributed by atoms with Gasteiger partial charge in [0.05, 0.1) is 11.2 Å². The number of rotatable bonds is 2. The summed E-state index contributed by atoms with van der Waals surface area (Å²) in [5, 5.41) is 0. The summed E-state index contributed by atoms with van der Waals surface area (Å²) in [4.78, 5) is 12.4. The van der Waals surface area contributed by atoms with E-state index in [-0.39, 0.29) is 22.5 Å². The molecule has 2 fully saturated rings. The van der Waals surface area contributed by atoms with Gasteiger partial charge in [-0.05, 0) is 47.0 Å². The predicted molar refractivity (Wildman–Crippen MR) is 59.7 cm³/mol. The van der Waals surface area contributed by atoms with Crippen molar-refractivity contribution in [1.29, 1.82) is 0 Å². The van der Waals surface area contributed by atoms with Gasteiger partial charge in [-0.25, -0.2) is 0 Å². The predicted octanol–water partition coefficient (Wildman–Crippen LogP) is 2.95. The van der Waals surface area contributed by atoms with Gasteiger partial charge in [-0.1, -0.05) is 6.92 Å². The maximum atomic E-state index is 12.4. The molecule has 0 bridgehead atoms. The first-order valence-electron chi connectivity index (χ1n) is 5.91. The Morgan fingerprint density at radius 3 is 2.00 bits per heavy atom. The Hall–Kier alpha value is -0.370. The second-order valence-electron chi connectivity index (χ2n) is 6.65. The van der Waals surface area contributed by atoms with Crippen molar-refractivity contribution in [3.63, 3.8) is 0 Å². The van der Waals surface area contributed by atoms with E-state index in [1.165, 1.54) is 0 Å². The van der Waals surface area contributed by atoms with Gasteiger partial charge in [0.25, 0.3) is 0 Å². The topological polar surface area (TPSA) is 26.3 Å². The Morgan fingerprint density at radius 1 is 1.13 bits per heavy atom. The van der Waals surface area contributed by atoms with Crippen molar-refractivity contribution in [2.75, 3.05) is 0 Å². The number of carbonyl (C=O) groups excluding carboxylic acids is 1. The lowest BCUT2D eigenvalue weighted by molar-refractivity contribution is -0.134. The number of ketones is 1. The van der Waals surface area contributed by atoms with E-state index in [2.05, 4.69) is 34.6 Å². The summed E-state index contributed by atoms with van der Waals surface area (Å²) >= 11 is 0. The summed E-state index contributed by atoms with van der Waals surface area (Å²) in [5.74, 6) is 0.512. The quantitative estimate of drug-likeness (QED) is 0.700. The van der Waals surface area contributed by atoms with E-state index in [9.17, 15) is 4.79 Å². The molecule has 1 saturated carbocycles. The summed E-state index contributed by atoms with van der Waals surface area (Å²) in [5.41, 5.74) is -0.451. The Morgan fingerprint density at radius 2 is 1.67 bits per heavy atom. The van der Waals surface area contributed by atoms with Crippen LogP contribution in [0.2, 0.25) is 0 Å². The molecule has 86 valence electrons. The molecule has 2 heteroatoms. The standard InChI is InChI=1S/C13H22O2/c1-11(2)8-9(12(3,4)15-11)10(14)13(5)6-7-13/h9H,6-8H2,1-5H3. The van der Waals surface area contributed by atoms with Crippen molar-refractivity contribution in [3.8, 4) is 0 Å². The Labute approximate surface area is 92.4 Å². The minimum Gasteiger partial charge on any atom is -0.369 e. The fourth-order valence-corrected chi connectivity index (χ4v) is 2.83. The van der Waals surface area contributed by atoms with Crippen molar-refractivity contribution >= 4 is 5.78 Å². The molecule has 1 unspecified atom stereocenters. The smallest absolute Gasteiger partial charge is 0.144 e. The Balaban J connectivity index is 2.19. The zero-order valence-electron chi connectivity index (χ0n) is 10.5. The van der Waals surface area contributed by atoms with E-state index in [1.807, 2.05) is 0 Å². The summed E-state index contributed by atoms with van der Waals surface area (Å²) in [6.45, 7) is 10.4. The first kappa shape index (κ1) is 11.1. The number of carbonyl (C=O) groups is 1. The average Bonchev–Trinajstić information content (AvgIpc) is 2.72. The zero-order valence-corrected chi connectivity index (χ0v) is 10.5. The Kier molecular flexibility index (Phi) is 2.11. The summed E-state index contributed by atoms with van der Waals surface area (Å²) in [6, 6.07) is 0. The van der Waals surface area contributed by atoms with Gasteiger partial charge in [-0.3, -0.25) is 4.79 Å². The van der Waals surface area contributed by atoms with Crippen LogP contribution in [0.3, 0.4) is 0 Å². The molecule has 1 saturated heterocycles. The molecule has 0 amide bonds. The molecule has 0 radical (unpaired) electrons. The highest BCUT2D eigenvalue weighted by Crippen LogP contribution is 2.53. The van der Waals surface area contributed by atoms with Crippen molar-refractivity contribution in [3.05, 3.63) is 0 Å². The van der Waals surface area contributed by atoms with Gasteiger partial charge in [0.2, 0.25) is 0 Å². The van der Waals surface area contributed by atoms with Crippen LogP contribution in [0.1, 0.15) is 53.9 Å². The molecule has 1 atom stereocenters. The molecular weight excluding hydrogens is 188 g/mol. The second-order valence-corrected chi connectivity index (χ2v) is 6.65. The first-order chi connectivity index (χ1) is 6.66. The highest BCUT2D eigenvalue weighted by molar-refractivity contribution is 5.90. The third-order valence-electron chi connectivity index (χ3n) is 3.99. The molecule has 0 aromatic carbocycles. The Bertz CT molecular complexity index is 298. The van der Waals surface area contributed by atoms with Crippen LogP contribution in [-0.4, -0.2) is 17.0 Å². The molecule has 2 nitrogen and oxygen atoms in total. The van der Waals surface area contributed by atoms with Gasteiger partial charge in [-0.2, -0.15) is 0 Å². The molecule has 1 aliphatic carbocycles. The maximum Gasteiger partial charge on any atom is 0.144 e. The van der Waals surface area contributed by atoms with Crippen molar-refractivity contribution in [2.24, 2.45) is 11.3 Å². The minimum atomic E-state index is -0.286. The van der Waals surface area contributed by atoms with Crippen LogP contribution in [0.25, 0.3) is 0 Å². The molecule has 2 rings (SSSR count). The van der Waals surface area contributed by atoms with E-state index in [1.54, 1.807) is 0 Å². The lowest BCUT2D eigenvalue weighted by atomic mass is 9.79. The highest BCUT2D eigenvalue weighted by atomic mass is 16.5. The van der Waals surface area contributed by atoms with Gasteiger partial charge >= 0.3 is 0 Å². The maximum absolute atomic E-state index is 12.4. The van der Waals surface area contributed by atoms with Crippen LogP contribution in [0.4, 0.5) is 0 Å². The van der Waals surface area contributed by atoms with Crippen LogP contribution < -0.4 is 0 Å². The van der Waals surface area contributed by atoms with E-state index >= 15 is 0 Å². The zero-order chi connectivity index (χ0) is 11.5. The summed E-state index contributed by atoms with van der Waals surface area (Å²) in [7, 11) is 0. The number of hydrogen-bond acceptors (Lipinski definition) is 2. The van der Waals surface area contributed by atoms with E-state index in [4.69, 9.17) is 4.74 Å². The molecule has 0 aromatic heterocycles. The van der Waals surface area contributed by atoms with Gasteiger partial charge in [0, 0.05) is 11.3 Å². The number of Topliss-reactive ketones (excluding diaryl/α,β-unsaturated/α-hetero) is 1. The van der Waals surface area contributed by atoms with E-state index in [0.717, 1.165) is 19.3 Å². The fraction of sp³-hybridized carbons (Fsp3) is 0.923. The van der Waals surface area contributed by atoms with Gasteiger partial charge < -0.3 is 4.74 Å². The van der Waals surface area contributed by atoms with Gasteiger partial charge in [0.1, 0.15) is 5.78 Å². The summed E-state index contributed by atoms with van der Waals surface area (Å²) < 4.78 is 5.97. The van der Waals surface area contributed by atoms with Crippen LogP contribution in [0, 0.1) is 11.3 Å². The SMILES string of the molecule is CC1(C)CC(C(=O)C2(C)CC2)C(C)(C)O1. The van der Waals surface area contributed by atoms with Crippen LogP contribution in [0.15, 0.2) is 0 Å². The first-order valence-corrected chi connectivity index (χ1v) is 5.91. The number of ether oxygens (including phenoxy) is 1. The largest absolute Gasteiger partial charge is 0.369 e. The fourth-order valence-electron chi connectivity index (χ4n) is 2.83. The molecule has 0 N–H and O–H groups in total. The molecule has 0 aromatic rings. The van der Waals surface area contributed by atoms with Crippen molar-refractivity contribution in [1.82, 2.24) is 0 Å². The van der Waals surface area contributed by atoms with Crippen LogP contribution in [0.5, 0.6) is 0 Å². The van der Waals surface area contributed by atoms with E-state index < -0.39 is 0 Å². The van der Waals surface area contributed by atoms with Gasteiger partial charge in [-0.15, -0.1) is 0 Å². The highest BCUT2D eigenvalue weighted by Gasteiger charge is 2.56. The molecule has 0 spiro atoms. The van der Waals surface area contributed by atoms with Crippen LogP contribution >= 0.6 is 0 Å². The normalized spacial score (nSPS) is 35.1. The third-order valence-corrected chi connectivity index (χ3v) is 3.99. The monoisotopic (exact) mass is 210 g/mol. The van der Waals surface area contributed by atoms with Crippen molar-refractivity contribution in [2.45, 2.75) is 65.1 Å². The average molecular weight is 210 g/mol. The van der Waals surface area contributed by atoms with E-state index in [0.29, 0.717) is 5.78 Å². The lowest BCUT2D eigenvalue weighted by Crippen LogP contribution is -2.36. The lowest BCUT2D eigenvalue weighted by Gasteiger charge is -2.28. The van der Waals surface area contributed by atoms with Crippen LogP contribution in [-0.2, 0) is 9.53 Å². The summed E-state index contributed by atoms with van der Waals surface area (Å²) in [6.07, 6.45) is 3.01. The molecule has 15 heavy (non-hydrogen) atoms. The number of hydrogen-bond donors (Lipinski definition) is 0. The minimum absolute atomic E-state index is 0.0221. The van der Waals surface area contributed by atoms with Gasteiger partial charge in [0.15, 0.2) is 0 Å². The second kappa shape index (κ2) is 2.85. The molecule has 1 aliphatic heterocycles. The molecule has 2 aliphatic rings.